The first-order valence-electron chi connectivity index (χ1n) is 7.40. The van der Waals surface area contributed by atoms with Crippen LogP contribution in [0.3, 0.4) is 0 Å². The molecule has 2 rings (SSSR count). The lowest BCUT2D eigenvalue weighted by Crippen LogP contribution is -2.27. The van der Waals surface area contributed by atoms with Gasteiger partial charge >= 0.3 is 6.01 Å². The number of aromatic nitrogens is 2. The van der Waals surface area contributed by atoms with Crippen molar-refractivity contribution in [2.45, 2.75) is 45.4 Å². The van der Waals surface area contributed by atoms with Crippen molar-refractivity contribution in [3.63, 3.8) is 0 Å². The summed E-state index contributed by atoms with van der Waals surface area (Å²) in [5, 5.41) is 7.36. The molecule has 1 N–H and O–H groups in total. The summed E-state index contributed by atoms with van der Waals surface area (Å²) in [5.74, 6) is 0.771. The summed E-state index contributed by atoms with van der Waals surface area (Å²) in [5.41, 5.74) is 1.07. The molecular weight excluding hydrogens is 250 g/mol. The minimum Gasteiger partial charge on any atom is -0.338 e. The van der Waals surface area contributed by atoms with Crippen LogP contribution in [0.25, 0.3) is 0 Å². The van der Waals surface area contributed by atoms with E-state index in [4.69, 9.17) is 4.52 Å². The van der Waals surface area contributed by atoms with Crippen molar-refractivity contribution in [2.24, 2.45) is 0 Å². The van der Waals surface area contributed by atoms with Crippen molar-refractivity contribution in [1.29, 1.82) is 0 Å². The van der Waals surface area contributed by atoms with Crippen LogP contribution < -0.4 is 5.32 Å². The summed E-state index contributed by atoms with van der Waals surface area (Å²) in [7, 11) is 0. The third kappa shape index (κ3) is 2.69. The van der Waals surface area contributed by atoms with Gasteiger partial charge in [0.05, 0.1) is 5.41 Å². The average molecular weight is 273 g/mol. The van der Waals surface area contributed by atoms with E-state index in [1.807, 2.05) is 6.07 Å². The second-order valence-corrected chi connectivity index (χ2v) is 5.01. The highest BCUT2D eigenvalue weighted by atomic mass is 16.5. The Bertz CT molecular complexity index is 518. The summed E-state index contributed by atoms with van der Waals surface area (Å²) in [6, 6.07) is 11.0. The van der Waals surface area contributed by atoms with Crippen molar-refractivity contribution in [3.05, 3.63) is 41.7 Å². The molecule has 0 atom stereocenters. The van der Waals surface area contributed by atoms with E-state index in [-0.39, 0.29) is 5.41 Å². The van der Waals surface area contributed by atoms with Crippen LogP contribution in [0.2, 0.25) is 0 Å². The maximum atomic E-state index is 5.33. The Balaban J connectivity index is 2.35. The summed E-state index contributed by atoms with van der Waals surface area (Å²) >= 11 is 0. The number of nitrogens with one attached hydrogen (secondary N) is 1. The smallest absolute Gasteiger partial charge is 0.321 e. The van der Waals surface area contributed by atoms with Crippen molar-refractivity contribution >= 4 is 6.01 Å². The first-order valence-corrected chi connectivity index (χ1v) is 7.40. The second kappa shape index (κ2) is 6.55. The van der Waals surface area contributed by atoms with Gasteiger partial charge in [-0.1, -0.05) is 56.3 Å². The Morgan fingerprint density at radius 2 is 1.80 bits per heavy atom. The zero-order valence-electron chi connectivity index (χ0n) is 12.5. The van der Waals surface area contributed by atoms with Crippen LogP contribution in [0, 0.1) is 0 Å². The molecule has 0 saturated carbocycles. The van der Waals surface area contributed by atoms with Gasteiger partial charge in [0.1, 0.15) is 0 Å². The van der Waals surface area contributed by atoms with Gasteiger partial charge in [0.2, 0.25) is 0 Å². The molecule has 4 heteroatoms. The predicted octanol–water partition coefficient (Wildman–Crippen LogP) is 4.00. The summed E-state index contributed by atoms with van der Waals surface area (Å²) in [6.07, 6.45) is 2.92. The Kier molecular flexibility index (Phi) is 4.77. The third-order valence-electron chi connectivity index (χ3n) is 3.91. The van der Waals surface area contributed by atoms with Crippen LogP contribution in [0.15, 0.2) is 34.9 Å². The number of hydrogen-bond donors (Lipinski definition) is 1. The molecule has 1 aromatic carbocycles. The fourth-order valence-corrected chi connectivity index (χ4v) is 2.58. The predicted molar refractivity (Wildman–Crippen MR) is 80.9 cm³/mol. The maximum absolute atomic E-state index is 5.33. The van der Waals surface area contributed by atoms with Gasteiger partial charge in [-0.15, -0.1) is 0 Å². The SMILES string of the molecule is CCCNc1nc(C(CC)(CC)c2ccccc2)no1. The highest BCUT2D eigenvalue weighted by Crippen LogP contribution is 2.37. The van der Waals surface area contributed by atoms with Gasteiger partial charge in [0.15, 0.2) is 5.82 Å². The van der Waals surface area contributed by atoms with Gasteiger partial charge in [-0.25, -0.2) is 0 Å². The Hall–Kier alpha value is -1.84. The molecule has 0 radical (unpaired) electrons. The molecule has 0 fully saturated rings. The molecule has 1 heterocycles. The van der Waals surface area contributed by atoms with Crippen LogP contribution in [0.4, 0.5) is 6.01 Å². The van der Waals surface area contributed by atoms with Crippen molar-refractivity contribution in [3.8, 4) is 0 Å². The number of hydrogen-bond acceptors (Lipinski definition) is 4. The van der Waals surface area contributed by atoms with Crippen molar-refractivity contribution in [1.82, 2.24) is 10.1 Å². The largest absolute Gasteiger partial charge is 0.338 e. The van der Waals surface area contributed by atoms with Gasteiger partial charge in [-0.3, -0.25) is 0 Å². The second-order valence-electron chi connectivity index (χ2n) is 5.01. The summed E-state index contributed by atoms with van der Waals surface area (Å²) in [4.78, 5) is 4.55. The van der Waals surface area contributed by atoms with E-state index in [1.54, 1.807) is 0 Å². The standard InChI is InChI=1S/C16H23N3O/c1-4-12-17-15-18-14(19-20-15)16(5-2,6-3)13-10-8-7-9-11-13/h7-11H,4-6,12H2,1-3H3,(H,17,18,19). The van der Waals surface area contributed by atoms with E-state index >= 15 is 0 Å². The number of anilines is 1. The van der Waals surface area contributed by atoms with E-state index in [0.29, 0.717) is 6.01 Å². The van der Waals surface area contributed by atoms with E-state index in [9.17, 15) is 0 Å². The van der Waals surface area contributed by atoms with Crippen LogP contribution in [-0.2, 0) is 5.41 Å². The molecule has 0 spiro atoms. The molecule has 2 aromatic rings. The van der Waals surface area contributed by atoms with Crippen LogP contribution in [0.1, 0.15) is 51.4 Å². The molecule has 0 aliphatic carbocycles. The Morgan fingerprint density at radius 1 is 1.10 bits per heavy atom. The number of rotatable bonds is 7. The molecule has 0 aliphatic rings. The first-order chi connectivity index (χ1) is 9.76. The molecule has 0 bridgehead atoms. The van der Waals surface area contributed by atoms with Gasteiger partial charge in [0, 0.05) is 6.54 Å². The molecule has 0 aliphatic heterocycles. The normalized spacial score (nSPS) is 11.6. The minimum atomic E-state index is -0.170. The van der Waals surface area contributed by atoms with Gasteiger partial charge in [-0.2, -0.15) is 4.98 Å². The molecule has 1 aromatic heterocycles. The van der Waals surface area contributed by atoms with E-state index in [2.05, 4.69) is 60.5 Å². The highest BCUT2D eigenvalue weighted by molar-refractivity contribution is 5.34. The summed E-state index contributed by atoms with van der Waals surface area (Å²) < 4.78 is 5.33. The Labute approximate surface area is 120 Å². The average Bonchev–Trinajstić information content (AvgIpc) is 2.97. The quantitative estimate of drug-likeness (QED) is 0.828. The lowest BCUT2D eigenvalue weighted by molar-refractivity contribution is 0.382. The first kappa shape index (κ1) is 14.6. The lowest BCUT2D eigenvalue weighted by atomic mass is 9.75. The van der Waals surface area contributed by atoms with E-state index in [0.717, 1.165) is 31.6 Å². The third-order valence-corrected chi connectivity index (χ3v) is 3.91. The molecule has 0 saturated heterocycles. The van der Waals surface area contributed by atoms with Crippen LogP contribution >= 0.6 is 0 Å². The van der Waals surface area contributed by atoms with Crippen LogP contribution in [0.5, 0.6) is 0 Å². The molecule has 0 amide bonds. The molecular formula is C16H23N3O. The monoisotopic (exact) mass is 273 g/mol. The van der Waals surface area contributed by atoms with Gasteiger partial charge in [0.25, 0.3) is 0 Å². The summed E-state index contributed by atoms with van der Waals surface area (Å²) in [6.45, 7) is 7.30. The topological polar surface area (TPSA) is 51.0 Å². The van der Waals surface area contributed by atoms with Crippen LogP contribution in [-0.4, -0.2) is 16.7 Å². The van der Waals surface area contributed by atoms with E-state index < -0.39 is 0 Å². The maximum Gasteiger partial charge on any atom is 0.321 e. The zero-order chi connectivity index (χ0) is 14.4. The molecule has 0 unspecified atom stereocenters. The zero-order valence-corrected chi connectivity index (χ0v) is 12.5. The Morgan fingerprint density at radius 3 is 2.40 bits per heavy atom. The highest BCUT2D eigenvalue weighted by Gasteiger charge is 2.35. The fourth-order valence-electron chi connectivity index (χ4n) is 2.58. The van der Waals surface area contributed by atoms with Crippen molar-refractivity contribution in [2.75, 3.05) is 11.9 Å². The van der Waals surface area contributed by atoms with Crippen molar-refractivity contribution < 1.29 is 4.52 Å². The van der Waals surface area contributed by atoms with E-state index in [1.165, 1.54) is 5.56 Å². The molecule has 108 valence electrons. The molecule has 4 nitrogen and oxygen atoms in total. The lowest BCUT2D eigenvalue weighted by Gasteiger charge is -2.28. The van der Waals surface area contributed by atoms with Gasteiger partial charge < -0.3 is 9.84 Å². The number of benzene rings is 1. The fraction of sp³-hybridized carbons (Fsp3) is 0.500. The number of nitrogens with zero attached hydrogens (tertiary/aromatic N) is 2. The molecule has 20 heavy (non-hydrogen) atoms. The van der Waals surface area contributed by atoms with Gasteiger partial charge in [-0.05, 0) is 24.8 Å². The minimum absolute atomic E-state index is 0.170.